The van der Waals surface area contributed by atoms with Crippen molar-refractivity contribution in [3.8, 4) is 11.5 Å². The van der Waals surface area contributed by atoms with E-state index in [9.17, 15) is 0 Å². The molecule has 0 saturated heterocycles. The van der Waals surface area contributed by atoms with Gasteiger partial charge in [-0.1, -0.05) is 6.07 Å². The van der Waals surface area contributed by atoms with Crippen molar-refractivity contribution in [2.75, 3.05) is 14.2 Å². The molecule has 0 aliphatic carbocycles. The minimum atomic E-state index is -0.00713. The highest BCUT2D eigenvalue weighted by atomic mass is 16.5. The van der Waals surface area contributed by atoms with Crippen LogP contribution in [-0.4, -0.2) is 25.5 Å². The highest BCUT2D eigenvalue weighted by Gasteiger charge is 2.08. The van der Waals surface area contributed by atoms with Gasteiger partial charge in [0, 0.05) is 12.1 Å². The van der Waals surface area contributed by atoms with Crippen molar-refractivity contribution >= 4 is 0 Å². The summed E-state index contributed by atoms with van der Waals surface area (Å²) in [6.07, 6.45) is 0.698. The molecule has 1 unspecified atom stereocenters. The first-order chi connectivity index (χ1) is 7.21. The zero-order valence-electron chi connectivity index (χ0n) is 9.28. The summed E-state index contributed by atoms with van der Waals surface area (Å²) in [4.78, 5) is 0. The normalized spacial score (nSPS) is 12.3. The lowest BCUT2D eigenvalue weighted by Gasteiger charge is -2.13. The summed E-state index contributed by atoms with van der Waals surface area (Å²) in [6.45, 7) is 1.89. The number of nitrogens with one attached hydrogen (secondary N) is 1. The van der Waals surface area contributed by atoms with E-state index < -0.39 is 0 Å². The van der Waals surface area contributed by atoms with Crippen LogP contribution in [-0.2, 0) is 6.42 Å². The van der Waals surface area contributed by atoms with Crippen LogP contribution in [0.5, 0.6) is 11.5 Å². The summed E-state index contributed by atoms with van der Waals surface area (Å²) in [5, 5.41) is 8.74. The van der Waals surface area contributed by atoms with Crippen LogP contribution in [0.4, 0.5) is 0 Å². The van der Waals surface area contributed by atoms with Gasteiger partial charge in [0.2, 0.25) is 0 Å². The zero-order chi connectivity index (χ0) is 11.3. The number of ether oxygens (including phenoxy) is 2. The lowest BCUT2D eigenvalue weighted by Crippen LogP contribution is -2.24. The Morgan fingerprint density at radius 2 is 2.07 bits per heavy atom. The quantitative estimate of drug-likeness (QED) is 0.726. The third-order valence-corrected chi connectivity index (χ3v) is 2.24. The molecule has 0 amide bonds. The van der Waals surface area contributed by atoms with Crippen LogP contribution in [0.1, 0.15) is 12.5 Å². The molecule has 0 bridgehead atoms. The second-order valence-corrected chi connectivity index (χ2v) is 3.41. The van der Waals surface area contributed by atoms with Crippen molar-refractivity contribution in [2.24, 2.45) is 0 Å². The first kappa shape index (κ1) is 11.8. The van der Waals surface area contributed by atoms with E-state index in [0.29, 0.717) is 6.42 Å². The standard InChI is InChI=1S/C11H17NO3/c1-8(12-13)6-9-4-5-10(14-2)7-11(9)15-3/h4-5,7-8,12-13H,6H2,1-3H3. The van der Waals surface area contributed by atoms with Crippen LogP contribution < -0.4 is 15.0 Å². The van der Waals surface area contributed by atoms with Gasteiger partial charge in [0.1, 0.15) is 11.5 Å². The maximum atomic E-state index is 8.74. The molecule has 0 radical (unpaired) electrons. The first-order valence-electron chi connectivity index (χ1n) is 4.81. The van der Waals surface area contributed by atoms with Crippen LogP contribution >= 0.6 is 0 Å². The third-order valence-electron chi connectivity index (χ3n) is 2.24. The Bertz CT molecular complexity index is 315. The molecular formula is C11H17NO3. The summed E-state index contributed by atoms with van der Waals surface area (Å²) in [6, 6.07) is 5.64. The van der Waals surface area contributed by atoms with Gasteiger partial charge in [0.25, 0.3) is 0 Å². The predicted octanol–water partition coefficient (Wildman–Crippen LogP) is 1.61. The van der Waals surface area contributed by atoms with E-state index in [1.165, 1.54) is 0 Å². The molecule has 1 rings (SSSR count). The molecule has 0 aliphatic heterocycles. The van der Waals surface area contributed by atoms with Gasteiger partial charge in [-0.25, -0.2) is 5.48 Å². The topological polar surface area (TPSA) is 50.7 Å². The summed E-state index contributed by atoms with van der Waals surface area (Å²) in [5.74, 6) is 1.54. The van der Waals surface area contributed by atoms with E-state index in [-0.39, 0.29) is 6.04 Å². The van der Waals surface area contributed by atoms with E-state index in [1.807, 2.05) is 25.1 Å². The summed E-state index contributed by atoms with van der Waals surface area (Å²) >= 11 is 0. The maximum absolute atomic E-state index is 8.74. The fraction of sp³-hybridized carbons (Fsp3) is 0.455. The molecule has 0 saturated carbocycles. The Kier molecular flexibility index (Phi) is 4.39. The van der Waals surface area contributed by atoms with Gasteiger partial charge < -0.3 is 14.7 Å². The van der Waals surface area contributed by atoms with Crippen LogP contribution in [0.2, 0.25) is 0 Å². The van der Waals surface area contributed by atoms with Gasteiger partial charge in [-0.3, -0.25) is 0 Å². The van der Waals surface area contributed by atoms with Gasteiger partial charge in [0.05, 0.1) is 14.2 Å². The molecular weight excluding hydrogens is 194 g/mol. The SMILES string of the molecule is COc1ccc(CC(C)NO)c(OC)c1. The Balaban J connectivity index is 2.87. The van der Waals surface area contributed by atoms with Gasteiger partial charge in [-0.2, -0.15) is 0 Å². The van der Waals surface area contributed by atoms with Gasteiger partial charge in [0.15, 0.2) is 0 Å². The highest BCUT2D eigenvalue weighted by molar-refractivity contribution is 5.41. The van der Waals surface area contributed by atoms with Crippen molar-refractivity contribution < 1.29 is 14.7 Å². The van der Waals surface area contributed by atoms with E-state index in [0.717, 1.165) is 17.1 Å². The molecule has 0 fully saturated rings. The van der Waals surface area contributed by atoms with E-state index in [1.54, 1.807) is 14.2 Å². The minimum Gasteiger partial charge on any atom is -0.497 e. The monoisotopic (exact) mass is 211 g/mol. The second kappa shape index (κ2) is 5.58. The van der Waals surface area contributed by atoms with Crippen molar-refractivity contribution in [3.63, 3.8) is 0 Å². The van der Waals surface area contributed by atoms with Crippen molar-refractivity contribution in [1.82, 2.24) is 5.48 Å². The molecule has 0 heterocycles. The fourth-order valence-corrected chi connectivity index (χ4v) is 1.40. The fourth-order valence-electron chi connectivity index (χ4n) is 1.40. The molecule has 0 aliphatic rings. The lowest BCUT2D eigenvalue weighted by atomic mass is 10.1. The second-order valence-electron chi connectivity index (χ2n) is 3.41. The summed E-state index contributed by atoms with van der Waals surface area (Å²) < 4.78 is 10.3. The van der Waals surface area contributed by atoms with E-state index in [2.05, 4.69) is 5.48 Å². The number of hydrogen-bond donors (Lipinski definition) is 2. The average molecular weight is 211 g/mol. The van der Waals surface area contributed by atoms with Gasteiger partial charge in [-0.15, -0.1) is 0 Å². The number of rotatable bonds is 5. The summed E-state index contributed by atoms with van der Waals surface area (Å²) in [5.41, 5.74) is 3.24. The molecule has 1 aromatic rings. The van der Waals surface area contributed by atoms with Gasteiger partial charge >= 0.3 is 0 Å². The van der Waals surface area contributed by atoms with Crippen LogP contribution in [0.3, 0.4) is 0 Å². The molecule has 1 aromatic carbocycles. The van der Waals surface area contributed by atoms with Crippen molar-refractivity contribution in [3.05, 3.63) is 23.8 Å². The Morgan fingerprint density at radius 1 is 1.33 bits per heavy atom. The maximum Gasteiger partial charge on any atom is 0.125 e. The number of hydroxylamine groups is 1. The van der Waals surface area contributed by atoms with Crippen molar-refractivity contribution in [1.29, 1.82) is 0 Å². The predicted molar refractivity (Wildman–Crippen MR) is 57.6 cm³/mol. The molecule has 84 valence electrons. The molecule has 4 nitrogen and oxygen atoms in total. The van der Waals surface area contributed by atoms with Crippen LogP contribution in [0, 0.1) is 0 Å². The largest absolute Gasteiger partial charge is 0.497 e. The molecule has 2 N–H and O–H groups in total. The highest BCUT2D eigenvalue weighted by Crippen LogP contribution is 2.25. The minimum absolute atomic E-state index is 0.00713. The smallest absolute Gasteiger partial charge is 0.125 e. The Hall–Kier alpha value is -1.26. The molecule has 4 heteroatoms. The van der Waals surface area contributed by atoms with Crippen molar-refractivity contribution in [2.45, 2.75) is 19.4 Å². The van der Waals surface area contributed by atoms with E-state index >= 15 is 0 Å². The molecule has 0 aromatic heterocycles. The number of benzene rings is 1. The molecule has 15 heavy (non-hydrogen) atoms. The van der Waals surface area contributed by atoms with Crippen LogP contribution in [0.15, 0.2) is 18.2 Å². The number of methoxy groups -OCH3 is 2. The third kappa shape index (κ3) is 3.11. The molecule has 1 atom stereocenters. The van der Waals surface area contributed by atoms with Gasteiger partial charge in [-0.05, 0) is 25.0 Å². The number of hydrogen-bond acceptors (Lipinski definition) is 4. The lowest BCUT2D eigenvalue weighted by molar-refractivity contribution is 0.132. The van der Waals surface area contributed by atoms with Crippen LogP contribution in [0.25, 0.3) is 0 Å². The zero-order valence-corrected chi connectivity index (χ0v) is 9.28. The average Bonchev–Trinajstić information content (AvgIpc) is 2.29. The Morgan fingerprint density at radius 3 is 2.60 bits per heavy atom. The molecule has 0 spiro atoms. The first-order valence-corrected chi connectivity index (χ1v) is 4.81. The summed E-state index contributed by atoms with van der Waals surface area (Å²) in [7, 11) is 3.24. The van der Waals surface area contributed by atoms with E-state index in [4.69, 9.17) is 14.7 Å². The Labute approximate surface area is 89.8 Å².